The predicted octanol–water partition coefficient (Wildman–Crippen LogP) is 0.888. The van der Waals surface area contributed by atoms with E-state index in [0.717, 1.165) is 16.9 Å². The van der Waals surface area contributed by atoms with Gasteiger partial charge >= 0.3 is 0 Å². The summed E-state index contributed by atoms with van der Waals surface area (Å²) in [6.45, 7) is 0.518. The molecule has 0 atom stereocenters. The second-order valence-corrected chi connectivity index (χ2v) is 3.44. The lowest BCUT2D eigenvalue weighted by Gasteiger charge is -2.14. The molecule has 2 aromatic rings. The number of hydrogen-bond donors (Lipinski definition) is 3. The van der Waals surface area contributed by atoms with Crippen molar-refractivity contribution in [3.05, 3.63) is 30.1 Å². The first-order valence-corrected chi connectivity index (χ1v) is 4.65. The van der Waals surface area contributed by atoms with Crippen molar-refractivity contribution in [3.63, 3.8) is 0 Å². The fraction of sp³-hybridized carbons (Fsp3) is 0.200. The Labute approximate surface area is 87.4 Å². The summed E-state index contributed by atoms with van der Waals surface area (Å²) in [5.41, 5.74) is 7.28. The van der Waals surface area contributed by atoms with Gasteiger partial charge in [-0.1, -0.05) is 12.1 Å². The van der Waals surface area contributed by atoms with E-state index in [-0.39, 0.29) is 5.96 Å². The monoisotopic (exact) mass is 203 g/mol. The van der Waals surface area contributed by atoms with Crippen LogP contribution in [0.4, 0.5) is 0 Å². The topological polar surface area (TPSA) is 81.8 Å². The molecule has 78 valence electrons. The van der Waals surface area contributed by atoms with Gasteiger partial charge in [-0.2, -0.15) is 0 Å². The first-order valence-electron chi connectivity index (χ1n) is 4.65. The van der Waals surface area contributed by atoms with Gasteiger partial charge in [-0.05, 0) is 12.1 Å². The molecule has 1 heterocycles. The minimum Gasteiger partial charge on any atom is -0.370 e. The van der Waals surface area contributed by atoms with Crippen LogP contribution in [0.25, 0.3) is 11.0 Å². The Morgan fingerprint density at radius 2 is 2.27 bits per heavy atom. The van der Waals surface area contributed by atoms with Crippen LogP contribution >= 0.6 is 0 Å². The fourth-order valence-corrected chi connectivity index (χ4v) is 1.39. The maximum Gasteiger partial charge on any atom is 0.188 e. The zero-order valence-corrected chi connectivity index (χ0v) is 8.49. The summed E-state index contributed by atoms with van der Waals surface area (Å²) in [7, 11) is 1.76. The van der Waals surface area contributed by atoms with E-state index in [1.165, 1.54) is 0 Å². The molecule has 0 radical (unpaired) electrons. The zero-order valence-electron chi connectivity index (χ0n) is 8.49. The van der Waals surface area contributed by atoms with Crippen LogP contribution in [-0.2, 0) is 6.54 Å². The van der Waals surface area contributed by atoms with E-state index >= 15 is 0 Å². The molecule has 0 amide bonds. The van der Waals surface area contributed by atoms with E-state index in [1.807, 2.05) is 24.3 Å². The maximum absolute atomic E-state index is 7.25. The summed E-state index contributed by atoms with van der Waals surface area (Å²) < 4.78 is 0. The normalized spacial score (nSPS) is 10.5. The first-order chi connectivity index (χ1) is 7.16. The lowest BCUT2D eigenvalue weighted by atomic mass is 10.3. The van der Waals surface area contributed by atoms with Crippen molar-refractivity contribution in [1.29, 1.82) is 5.41 Å². The van der Waals surface area contributed by atoms with Crippen LogP contribution < -0.4 is 5.73 Å². The molecular formula is C10H13N5. The molecule has 5 heteroatoms. The Bertz CT molecular complexity index is 454. The summed E-state index contributed by atoms with van der Waals surface area (Å²) in [6, 6.07) is 7.82. The van der Waals surface area contributed by atoms with Crippen LogP contribution in [0.3, 0.4) is 0 Å². The Hall–Kier alpha value is -2.04. The van der Waals surface area contributed by atoms with E-state index in [1.54, 1.807) is 11.9 Å². The smallest absolute Gasteiger partial charge is 0.188 e. The molecule has 0 saturated carbocycles. The van der Waals surface area contributed by atoms with Gasteiger partial charge in [0.05, 0.1) is 17.6 Å². The van der Waals surface area contributed by atoms with E-state index in [0.29, 0.717) is 6.54 Å². The molecule has 0 bridgehead atoms. The van der Waals surface area contributed by atoms with Crippen molar-refractivity contribution in [2.75, 3.05) is 7.05 Å². The van der Waals surface area contributed by atoms with Crippen molar-refractivity contribution < 1.29 is 0 Å². The number of aromatic amines is 1. The fourth-order valence-electron chi connectivity index (χ4n) is 1.39. The second kappa shape index (κ2) is 3.61. The van der Waals surface area contributed by atoms with Crippen molar-refractivity contribution >= 4 is 17.0 Å². The molecule has 0 aliphatic rings. The number of fused-ring (bicyclic) bond motifs is 1. The molecule has 2 rings (SSSR count). The number of nitrogens with one attached hydrogen (secondary N) is 2. The van der Waals surface area contributed by atoms with E-state index in [9.17, 15) is 0 Å². The number of para-hydroxylation sites is 2. The second-order valence-electron chi connectivity index (χ2n) is 3.44. The van der Waals surface area contributed by atoms with Crippen LogP contribution in [0, 0.1) is 5.41 Å². The van der Waals surface area contributed by atoms with Crippen LogP contribution in [-0.4, -0.2) is 27.9 Å². The van der Waals surface area contributed by atoms with Gasteiger partial charge in [0.15, 0.2) is 5.96 Å². The average Bonchev–Trinajstić information content (AvgIpc) is 2.59. The van der Waals surface area contributed by atoms with Crippen molar-refractivity contribution in [3.8, 4) is 0 Å². The molecule has 0 aliphatic heterocycles. The Morgan fingerprint density at radius 3 is 2.93 bits per heavy atom. The summed E-state index contributed by atoms with van der Waals surface area (Å²) in [5, 5.41) is 7.25. The number of guanidine groups is 1. The third-order valence-electron chi connectivity index (χ3n) is 2.24. The van der Waals surface area contributed by atoms with Gasteiger partial charge in [-0.15, -0.1) is 0 Å². The van der Waals surface area contributed by atoms with Crippen molar-refractivity contribution in [2.24, 2.45) is 5.73 Å². The summed E-state index contributed by atoms with van der Waals surface area (Å²) >= 11 is 0. The number of aromatic nitrogens is 2. The number of imidazole rings is 1. The molecule has 0 saturated heterocycles. The molecule has 4 N–H and O–H groups in total. The Kier molecular flexibility index (Phi) is 2.29. The highest BCUT2D eigenvalue weighted by Gasteiger charge is 2.05. The molecule has 0 unspecified atom stereocenters. The summed E-state index contributed by atoms with van der Waals surface area (Å²) in [5.74, 6) is 0.851. The molecule has 15 heavy (non-hydrogen) atoms. The van der Waals surface area contributed by atoms with Crippen molar-refractivity contribution in [1.82, 2.24) is 14.9 Å². The third-order valence-corrected chi connectivity index (χ3v) is 2.24. The van der Waals surface area contributed by atoms with Crippen LogP contribution in [0.2, 0.25) is 0 Å². The largest absolute Gasteiger partial charge is 0.370 e. The number of benzene rings is 1. The van der Waals surface area contributed by atoms with Gasteiger partial charge < -0.3 is 15.6 Å². The summed E-state index contributed by atoms with van der Waals surface area (Å²) in [6.07, 6.45) is 0. The van der Waals surface area contributed by atoms with E-state index < -0.39 is 0 Å². The standard InChI is InChI=1S/C10H13N5/c1-15(10(11)12)6-9-13-7-4-2-3-5-8(7)14-9/h2-5H,6H2,1H3,(H3,11,12)(H,13,14). The van der Waals surface area contributed by atoms with Crippen LogP contribution in [0.15, 0.2) is 24.3 Å². The lowest BCUT2D eigenvalue weighted by molar-refractivity contribution is 0.478. The highest BCUT2D eigenvalue weighted by atomic mass is 15.2. The maximum atomic E-state index is 7.25. The highest BCUT2D eigenvalue weighted by Crippen LogP contribution is 2.10. The van der Waals surface area contributed by atoms with Gasteiger partial charge in [0.25, 0.3) is 0 Å². The molecule has 1 aromatic heterocycles. The van der Waals surface area contributed by atoms with Gasteiger partial charge in [0, 0.05) is 7.05 Å². The quantitative estimate of drug-likeness (QED) is 0.500. The predicted molar refractivity (Wildman–Crippen MR) is 59.5 cm³/mol. The minimum atomic E-state index is 0.0375. The molecule has 0 fully saturated rings. The van der Waals surface area contributed by atoms with Gasteiger partial charge in [0.1, 0.15) is 5.82 Å². The molecule has 0 spiro atoms. The third kappa shape index (κ3) is 1.90. The highest BCUT2D eigenvalue weighted by molar-refractivity contribution is 5.76. The molecule has 0 aliphatic carbocycles. The average molecular weight is 203 g/mol. The van der Waals surface area contributed by atoms with Gasteiger partial charge in [-0.25, -0.2) is 4.98 Å². The number of nitrogens with two attached hydrogens (primary N) is 1. The minimum absolute atomic E-state index is 0.0375. The van der Waals surface area contributed by atoms with Gasteiger partial charge in [-0.3, -0.25) is 5.41 Å². The first kappa shape index (κ1) is 9.51. The molecular weight excluding hydrogens is 190 g/mol. The number of nitrogens with zero attached hydrogens (tertiary/aromatic N) is 2. The number of H-pyrrole nitrogens is 1. The molecule has 1 aromatic carbocycles. The van der Waals surface area contributed by atoms with Crippen molar-refractivity contribution in [2.45, 2.75) is 6.54 Å². The lowest BCUT2D eigenvalue weighted by Crippen LogP contribution is -2.32. The van der Waals surface area contributed by atoms with E-state index in [4.69, 9.17) is 11.1 Å². The summed E-state index contributed by atoms with van der Waals surface area (Å²) in [4.78, 5) is 9.18. The van der Waals surface area contributed by atoms with Crippen LogP contribution in [0.1, 0.15) is 5.82 Å². The number of rotatable bonds is 2. The zero-order chi connectivity index (χ0) is 10.8. The number of hydrogen-bond acceptors (Lipinski definition) is 2. The van der Waals surface area contributed by atoms with Gasteiger partial charge in [0.2, 0.25) is 0 Å². The Morgan fingerprint density at radius 1 is 1.53 bits per heavy atom. The Balaban J connectivity index is 2.26. The molecule has 5 nitrogen and oxygen atoms in total. The van der Waals surface area contributed by atoms with E-state index in [2.05, 4.69) is 9.97 Å². The SMILES string of the molecule is CN(Cc1nc2ccccc2[nH]1)C(=N)N. The van der Waals surface area contributed by atoms with Crippen LogP contribution in [0.5, 0.6) is 0 Å².